The second-order valence-corrected chi connectivity index (χ2v) is 6.99. The van der Waals surface area contributed by atoms with Crippen LogP contribution in [0.25, 0.3) is 0 Å². The van der Waals surface area contributed by atoms with E-state index >= 15 is 0 Å². The molecular formula is C18H29N. The molecule has 1 aliphatic carbocycles. The predicted molar refractivity (Wildman–Crippen MR) is 83.7 cm³/mol. The standard InChI is InChI=1S/C18H29N/c1-18(2,3)16-12-10-15(11-13-16)7-6-14-19-17-8-4-5-9-17/h10-13,17,19H,4-9,14H2,1-3H3. The van der Waals surface area contributed by atoms with Crippen molar-refractivity contribution in [2.75, 3.05) is 6.54 Å². The van der Waals surface area contributed by atoms with Gasteiger partial charge in [-0.3, -0.25) is 0 Å². The van der Waals surface area contributed by atoms with Gasteiger partial charge in [-0.25, -0.2) is 0 Å². The van der Waals surface area contributed by atoms with E-state index in [0.717, 1.165) is 6.04 Å². The lowest BCUT2D eigenvalue weighted by atomic mass is 9.86. The van der Waals surface area contributed by atoms with Gasteiger partial charge in [0, 0.05) is 6.04 Å². The number of hydrogen-bond acceptors (Lipinski definition) is 1. The van der Waals surface area contributed by atoms with Crippen molar-refractivity contribution < 1.29 is 0 Å². The number of benzene rings is 1. The minimum Gasteiger partial charge on any atom is -0.314 e. The van der Waals surface area contributed by atoms with Crippen LogP contribution in [0, 0.1) is 0 Å². The third kappa shape index (κ3) is 4.65. The summed E-state index contributed by atoms with van der Waals surface area (Å²) in [4.78, 5) is 0. The molecule has 1 nitrogen and oxygen atoms in total. The van der Waals surface area contributed by atoms with Crippen LogP contribution in [0.5, 0.6) is 0 Å². The van der Waals surface area contributed by atoms with Crippen LogP contribution in [-0.2, 0) is 11.8 Å². The highest BCUT2D eigenvalue weighted by molar-refractivity contribution is 5.27. The third-order valence-electron chi connectivity index (χ3n) is 4.25. The Kier molecular flexibility index (Phi) is 5.04. The summed E-state index contributed by atoms with van der Waals surface area (Å²) in [5, 5.41) is 3.69. The molecule has 0 spiro atoms. The van der Waals surface area contributed by atoms with E-state index in [2.05, 4.69) is 50.4 Å². The van der Waals surface area contributed by atoms with Crippen molar-refractivity contribution in [3.63, 3.8) is 0 Å². The lowest BCUT2D eigenvalue weighted by Gasteiger charge is -2.19. The SMILES string of the molecule is CC(C)(C)c1ccc(CCCNC2CCCC2)cc1. The smallest absolute Gasteiger partial charge is 0.00670 e. The summed E-state index contributed by atoms with van der Waals surface area (Å²) in [5.74, 6) is 0. The molecule has 0 heterocycles. The maximum absolute atomic E-state index is 3.69. The molecular weight excluding hydrogens is 230 g/mol. The maximum Gasteiger partial charge on any atom is 0.00670 e. The molecule has 106 valence electrons. The average molecular weight is 259 g/mol. The van der Waals surface area contributed by atoms with Crippen LogP contribution in [0.2, 0.25) is 0 Å². The summed E-state index contributed by atoms with van der Waals surface area (Å²) in [6.45, 7) is 7.99. The molecule has 0 radical (unpaired) electrons. The van der Waals surface area contributed by atoms with Crippen LogP contribution in [0.3, 0.4) is 0 Å². The molecule has 1 N–H and O–H groups in total. The minimum atomic E-state index is 0.266. The molecule has 0 atom stereocenters. The van der Waals surface area contributed by atoms with Crippen LogP contribution in [0.15, 0.2) is 24.3 Å². The Bertz CT molecular complexity index is 366. The fourth-order valence-electron chi connectivity index (χ4n) is 2.90. The molecule has 1 aromatic rings. The molecule has 0 unspecified atom stereocenters. The topological polar surface area (TPSA) is 12.0 Å². The second-order valence-electron chi connectivity index (χ2n) is 6.99. The lowest BCUT2D eigenvalue weighted by Crippen LogP contribution is -2.27. The van der Waals surface area contributed by atoms with Crippen molar-refractivity contribution in [1.82, 2.24) is 5.32 Å². The van der Waals surface area contributed by atoms with Crippen LogP contribution in [0.4, 0.5) is 0 Å². The first-order chi connectivity index (χ1) is 9.05. The van der Waals surface area contributed by atoms with Gasteiger partial charge in [0.1, 0.15) is 0 Å². The first-order valence-electron chi connectivity index (χ1n) is 7.88. The zero-order valence-electron chi connectivity index (χ0n) is 12.8. The van der Waals surface area contributed by atoms with Gasteiger partial charge in [-0.15, -0.1) is 0 Å². The van der Waals surface area contributed by atoms with E-state index in [1.807, 2.05) is 0 Å². The molecule has 1 aromatic carbocycles. The zero-order chi connectivity index (χ0) is 13.7. The summed E-state index contributed by atoms with van der Waals surface area (Å²) < 4.78 is 0. The molecule has 1 heteroatoms. The van der Waals surface area contributed by atoms with Crippen LogP contribution < -0.4 is 5.32 Å². The van der Waals surface area contributed by atoms with E-state index in [0.29, 0.717) is 0 Å². The maximum atomic E-state index is 3.69. The summed E-state index contributed by atoms with van der Waals surface area (Å²) in [6, 6.07) is 9.99. The van der Waals surface area contributed by atoms with Crippen molar-refractivity contribution in [3.8, 4) is 0 Å². The molecule has 0 aliphatic heterocycles. The Morgan fingerprint density at radius 3 is 2.26 bits per heavy atom. The van der Waals surface area contributed by atoms with Crippen molar-refractivity contribution >= 4 is 0 Å². The van der Waals surface area contributed by atoms with Crippen molar-refractivity contribution in [2.45, 2.75) is 70.8 Å². The van der Waals surface area contributed by atoms with Gasteiger partial charge in [0.05, 0.1) is 0 Å². The van der Waals surface area contributed by atoms with Gasteiger partial charge >= 0.3 is 0 Å². The second kappa shape index (κ2) is 6.56. The van der Waals surface area contributed by atoms with Crippen LogP contribution in [-0.4, -0.2) is 12.6 Å². The van der Waals surface area contributed by atoms with Crippen LogP contribution >= 0.6 is 0 Å². The lowest BCUT2D eigenvalue weighted by molar-refractivity contribution is 0.515. The van der Waals surface area contributed by atoms with Crippen molar-refractivity contribution in [3.05, 3.63) is 35.4 Å². The molecule has 1 saturated carbocycles. The number of aryl methyl sites for hydroxylation is 1. The van der Waals surface area contributed by atoms with Gasteiger partial charge in [-0.05, 0) is 48.8 Å². The van der Waals surface area contributed by atoms with Gasteiger partial charge in [-0.1, -0.05) is 57.9 Å². The van der Waals surface area contributed by atoms with E-state index in [1.165, 1.54) is 56.2 Å². The van der Waals surface area contributed by atoms with Gasteiger partial charge in [0.2, 0.25) is 0 Å². The molecule has 0 amide bonds. The Labute approximate surface area is 118 Å². The zero-order valence-corrected chi connectivity index (χ0v) is 12.8. The molecule has 0 bridgehead atoms. The van der Waals surface area contributed by atoms with Gasteiger partial charge in [0.25, 0.3) is 0 Å². The number of hydrogen-bond donors (Lipinski definition) is 1. The Balaban J connectivity index is 1.71. The Hall–Kier alpha value is -0.820. The van der Waals surface area contributed by atoms with Crippen LogP contribution in [0.1, 0.15) is 64.0 Å². The van der Waals surface area contributed by atoms with E-state index in [4.69, 9.17) is 0 Å². The van der Waals surface area contributed by atoms with Gasteiger partial charge in [0.15, 0.2) is 0 Å². The van der Waals surface area contributed by atoms with Gasteiger partial charge in [-0.2, -0.15) is 0 Å². The summed E-state index contributed by atoms with van der Waals surface area (Å²) in [5.41, 5.74) is 3.17. The molecule has 0 saturated heterocycles. The minimum absolute atomic E-state index is 0.266. The molecule has 0 aromatic heterocycles. The summed E-state index contributed by atoms with van der Waals surface area (Å²) in [6.07, 6.45) is 8.08. The van der Waals surface area contributed by atoms with E-state index < -0.39 is 0 Å². The molecule has 19 heavy (non-hydrogen) atoms. The third-order valence-corrected chi connectivity index (χ3v) is 4.25. The Morgan fingerprint density at radius 2 is 1.68 bits per heavy atom. The van der Waals surface area contributed by atoms with E-state index in [1.54, 1.807) is 0 Å². The van der Waals surface area contributed by atoms with E-state index in [-0.39, 0.29) is 5.41 Å². The van der Waals surface area contributed by atoms with E-state index in [9.17, 15) is 0 Å². The van der Waals surface area contributed by atoms with Crippen molar-refractivity contribution in [2.24, 2.45) is 0 Å². The normalized spacial score (nSPS) is 17.0. The monoisotopic (exact) mass is 259 g/mol. The fourth-order valence-corrected chi connectivity index (χ4v) is 2.90. The molecule has 2 rings (SSSR count). The first-order valence-corrected chi connectivity index (χ1v) is 7.88. The highest BCUT2D eigenvalue weighted by Gasteiger charge is 2.14. The van der Waals surface area contributed by atoms with Gasteiger partial charge < -0.3 is 5.32 Å². The largest absolute Gasteiger partial charge is 0.314 e. The first kappa shape index (κ1) is 14.6. The molecule has 1 fully saturated rings. The molecule has 1 aliphatic rings. The average Bonchev–Trinajstić information content (AvgIpc) is 2.87. The fraction of sp³-hybridized carbons (Fsp3) is 0.667. The summed E-state index contributed by atoms with van der Waals surface area (Å²) in [7, 11) is 0. The number of nitrogens with one attached hydrogen (secondary N) is 1. The summed E-state index contributed by atoms with van der Waals surface area (Å²) >= 11 is 0. The quantitative estimate of drug-likeness (QED) is 0.770. The predicted octanol–water partition coefficient (Wildman–Crippen LogP) is 4.45. The van der Waals surface area contributed by atoms with Crippen molar-refractivity contribution in [1.29, 1.82) is 0 Å². The Morgan fingerprint density at radius 1 is 1.05 bits per heavy atom. The highest BCUT2D eigenvalue weighted by atomic mass is 14.9. The number of rotatable bonds is 5. The highest BCUT2D eigenvalue weighted by Crippen LogP contribution is 2.22.